The minimum absolute atomic E-state index is 0.130. The van der Waals surface area contributed by atoms with E-state index in [2.05, 4.69) is 5.32 Å². The fourth-order valence-corrected chi connectivity index (χ4v) is 3.26. The number of aliphatic carboxylic acids is 1. The van der Waals surface area contributed by atoms with Gasteiger partial charge < -0.3 is 29.9 Å². The number of carbonyl (C=O) groups is 2. The summed E-state index contributed by atoms with van der Waals surface area (Å²) in [5, 5.41) is 54.6. The first-order valence-corrected chi connectivity index (χ1v) is 11.2. The van der Waals surface area contributed by atoms with Crippen LogP contribution in [0.2, 0.25) is 0 Å². The zero-order chi connectivity index (χ0) is 27.6. The van der Waals surface area contributed by atoms with Crippen molar-refractivity contribution in [3.8, 4) is 5.75 Å². The van der Waals surface area contributed by atoms with Gasteiger partial charge >= 0.3 is 5.97 Å². The fraction of sp³-hybridized carbons (Fsp3) is 0.417. The van der Waals surface area contributed by atoms with Crippen LogP contribution < -0.4 is 15.4 Å². The van der Waals surface area contributed by atoms with Crippen molar-refractivity contribution in [2.24, 2.45) is 0 Å². The molecule has 0 saturated carbocycles. The SMILES string of the molecule is CC(C)(NC[C@H](O)c1ccc(OCc2ccccc2)c(CO)c1)OC(C(=O)NC[N+](=O)[O-])C(O)C(=O)O. The molecular formula is C24H31N3O10. The smallest absolute Gasteiger partial charge is 0.335 e. The number of carboxylic acids is 1. The predicted octanol–water partition coefficient (Wildman–Crippen LogP) is 0.298. The van der Waals surface area contributed by atoms with E-state index in [4.69, 9.17) is 14.6 Å². The molecule has 0 radical (unpaired) electrons. The van der Waals surface area contributed by atoms with Crippen LogP contribution in [0.5, 0.6) is 5.75 Å². The number of carbonyl (C=O) groups excluding carboxylic acids is 1. The number of benzene rings is 2. The Bertz CT molecular complexity index is 1060. The Hall–Kier alpha value is -3.62. The highest BCUT2D eigenvalue weighted by Crippen LogP contribution is 2.25. The maximum Gasteiger partial charge on any atom is 0.335 e. The molecule has 0 saturated heterocycles. The van der Waals surface area contributed by atoms with Gasteiger partial charge in [-0.25, -0.2) is 4.79 Å². The van der Waals surface area contributed by atoms with Crippen LogP contribution in [0.1, 0.15) is 36.6 Å². The Balaban J connectivity index is 2.03. The van der Waals surface area contributed by atoms with Gasteiger partial charge in [-0.3, -0.25) is 25.5 Å². The molecule has 2 aromatic rings. The quantitative estimate of drug-likeness (QED) is 0.107. The van der Waals surface area contributed by atoms with Gasteiger partial charge in [0.15, 0.2) is 12.2 Å². The lowest BCUT2D eigenvalue weighted by atomic mass is 10.0. The van der Waals surface area contributed by atoms with E-state index in [0.29, 0.717) is 23.5 Å². The summed E-state index contributed by atoms with van der Waals surface area (Å²) in [4.78, 5) is 33.1. The minimum Gasteiger partial charge on any atom is -0.489 e. The summed E-state index contributed by atoms with van der Waals surface area (Å²) in [7, 11) is 0. The molecule has 2 unspecified atom stereocenters. The van der Waals surface area contributed by atoms with Gasteiger partial charge in [0.05, 0.1) is 12.7 Å². The number of hydrogen-bond acceptors (Lipinski definition) is 10. The number of rotatable bonds is 15. The topological polar surface area (TPSA) is 201 Å². The van der Waals surface area contributed by atoms with E-state index in [9.17, 15) is 35.0 Å². The molecule has 0 spiro atoms. The molecule has 0 heterocycles. The summed E-state index contributed by atoms with van der Waals surface area (Å²) in [5.74, 6) is -2.51. The van der Waals surface area contributed by atoms with Crippen molar-refractivity contribution < 1.29 is 44.4 Å². The van der Waals surface area contributed by atoms with E-state index >= 15 is 0 Å². The van der Waals surface area contributed by atoms with Crippen LogP contribution in [0.15, 0.2) is 48.5 Å². The van der Waals surface area contributed by atoms with E-state index in [1.807, 2.05) is 35.6 Å². The number of amides is 1. The zero-order valence-corrected chi connectivity index (χ0v) is 20.4. The summed E-state index contributed by atoms with van der Waals surface area (Å²) in [6.45, 7) is 1.68. The third-order valence-electron chi connectivity index (χ3n) is 5.20. The number of nitrogens with one attached hydrogen (secondary N) is 2. The first-order chi connectivity index (χ1) is 17.4. The first-order valence-electron chi connectivity index (χ1n) is 11.2. The largest absolute Gasteiger partial charge is 0.489 e. The molecule has 13 nitrogen and oxygen atoms in total. The van der Waals surface area contributed by atoms with E-state index < -0.39 is 47.5 Å². The molecule has 0 aromatic heterocycles. The molecule has 0 aliphatic rings. The standard InChI is InChI=1S/C24H31N3O10/c1-24(2,37-21(20(30)23(32)33)22(31)25-14-27(34)35)26-11-18(29)16-8-9-19(17(10-16)12-28)36-13-15-6-4-3-5-7-15/h3-10,18,20-21,26,28-30H,11-14H2,1-2H3,(H,25,31)(H,32,33)/t18-,20?,21?/m0/s1. The number of aliphatic hydroxyl groups is 3. The molecule has 2 aromatic carbocycles. The van der Waals surface area contributed by atoms with Crippen molar-refractivity contribution in [1.29, 1.82) is 0 Å². The molecule has 2 rings (SSSR count). The number of nitro groups is 1. The molecule has 0 fully saturated rings. The molecule has 37 heavy (non-hydrogen) atoms. The average molecular weight is 522 g/mol. The van der Waals surface area contributed by atoms with Crippen molar-refractivity contribution >= 4 is 11.9 Å². The molecule has 3 atom stereocenters. The number of aliphatic hydroxyl groups excluding tert-OH is 3. The molecule has 202 valence electrons. The third-order valence-corrected chi connectivity index (χ3v) is 5.20. The third kappa shape index (κ3) is 9.40. The highest BCUT2D eigenvalue weighted by molar-refractivity contribution is 5.87. The Labute approximate surface area is 212 Å². The highest BCUT2D eigenvalue weighted by Gasteiger charge is 2.38. The summed E-state index contributed by atoms with van der Waals surface area (Å²) >= 11 is 0. The summed E-state index contributed by atoms with van der Waals surface area (Å²) in [6, 6.07) is 14.3. The number of hydrogen-bond donors (Lipinski definition) is 6. The summed E-state index contributed by atoms with van der Waals surface area (Å²) in [5.41, 5.74) is 0.382. The second kappa shape index (κ2) is 13.6. The normalized spacial score (nSPS) is 13.9. The van der Waals surface area contributed by atoms with Gasteiger partial charge in [-0.15, -0.1) is 0 Å². The van der Waals surface area contributed by atoms with Gasteiger partial charge in [-0.05, 0) is 37.1 Å². The van der Waals surface area contributed by atoms with Crippen LogP contribution >= 0.6 is 0 Å². The molecule has 13 heteroatoms. The van der Waals surface area contributed by atoms with Crippen LogP contribution in [-0.4, -0.2) is 68.4 Å². The molecule has 0 bridgehead atoms. The average Bonchev–Trinajstić information content (AvgIpc) is 2.87. The highest BCUT2D eigenvalue weighted by atomic mass is 16.6. The van der Waals surface area contributed by atoms with Gasteiger partial charge in [0.2, 0.25) is 0 Å². The van der Waals surface area contributed by atoms with Gasteiger partial charge in [0, 0.05) is 17.0 Å². The molecule has 1 amide bonds. The van der Waals surface area contributed by atoms with Gasteiger partial charge in [0.25, 0.3) is 12.6 Å². The lowest BCUT2D eigenvalue weighted by Crippen LogP contribution is -2.55. The summed E-state index contributed by atoms with van der Waals surface area (Å²) in [6.07, 6.45) is -5.38. The van der Waals surface area contributed by atoms with Gasteiger partial charge in [-0.1, -0.05) is 36.4 Å². The lowest BCUT2D eigenvalue weighted by Gasteiger charge is -2.33. The summed E-state index contributed by atoms with van der Waals surface area (Å²) < 4.78 is 11.2. The Morgan fingerprint density at radius 1 is 1.14 bits per heavy atom. The maximum absolute atomic E-state index is 12.2. The van der Waals surface area contributed by atoms with E-state index in [0.717, 1.165) is 5.56 Å². The number of ether oxygens (including phenoxy) is 2. The Kier molecular flexibility index (Phi) is 10.9. The van der Waals surface area contributed by atoms with Crippen molar-refractivity contribution in [2.75, 3.05) is 13.2 Å². The zero-order valence-electron chi connectivity index (χ0n) is 20.4. The van der Waals surface area contributed by atoms with E-state index in [1.54, 1.807) is 18.2 Å². The lowest BCUT2D eigenvalue weighted by molar-refractivity contribution is -0.483. The fourth-order valence-electron chi connectivity index (χ4n) is 3.26. The van der Waals surface area contributed by atoms with Crippen molar-refractivity contribution in [2.45, 2.75) is 51.1 Å². The van der Waals surface area contributed by atoms with Crippen LogP contribution in [0.25, 0.3) is 0 Å². The first kappa shape index (κ1) is 29.6. The second-order valence-corrected chi connectivity index (χ2v) is 8.56. The van der Waals surface area contributed by atoms with Gasteiger partial charge in [-0.2, -0.15) is 0 Å². The molecule has 6 N–H and O–H groups in total. The van der Waals surface area contributed by atoms with Gasteiger partial charge in [0.1, 0.15) is 18.1 Å². The monoisotopic (exact) mass is 521 g/mol. The molecular weight excluding hydrogens is 490 g/mol. The van der Waals surface area contributed by atoms with Crippen molar-refractivity contribution in [1.82, 2.24) is 10.6 Å². The van der Waals surface area contributed by atoms with Crippen LogP contribution in [0.4, 0.5) is 0 Å². The van der Waals surface area contributed by atoms with Crippen LogP contribution in [0, 0.1) is 10.1 Å². The molecule has 0 aliphatic carbocycles. The van der Waals surface area contributed by atoms with Crippen molar-refractivity contribution in [3.63, 3.8) is 0 Å². The predicted molar refractivity (Wildman–Crippen MR) is 129 cm³/mol. The van der Waals surface area contributed by atoms with Crippen LogP contribution in [0.3, 0.4) is 0 Å². The molecule has 0 aliphatic heterocycles. The van der Waals surface area contributed by atoms with Crippen molar-refractivity contribution in [3.05, 3.63) is 75.3 Å². The number of nitrogens with zero attached hydrogens (tertiary/aromatic N) is 1. The second-order valence-electron chi connectivity index (χ2n) is 8.56. The Morgan fingerprint density at radius 2 is 1.81 bits per heavy atom. The Morgan fingerprint density at radius 3 is 2.41 bits per heavy atom. The minimum atomic E-state index is -2.30. The van der Waals surface area contributed by atoms with E-state index in [-0.39, 0.29) is 13.2 Å². The van der Waals surface area contributed by atoms with Crippen LogP contribution in [-0.2, 0) is 27.5 Å². The van der Waals surface area contributed by atoms with E-state index in [1.165, 1.54) is 13.8 Å². The maximum atomic E-state index is 12.2. The number of carboxylic acid groups (broad SMARTS) is 1.